The Kier molecular flexibility index (Phi) is 4.79. The van der Waals surface area contributed by atoms with E-state index in [4.69, 9.17) is 9.47 Å². The Morgan fingerprint density at radius 1 is 1.08 bits per heavy atom. The minimum Gasteiger partial charge on any atom is -0.493 e. The van der Waals surface area contributed by atoms with Crippen molar-refractivity contribution in [2.75, 3.05) is 25.7 Å². The molecule has 3 rings (SSSR count). The van der Waals surface area contributed by atoms with Crippen LogP contribution in [0.2, 0.25) is 0 Å². The highest BCUT2D eigenvalue weighted by Gasteiger charge is 2.32. The Hall–Kier alpha value is -3.15. The molecular formula is C19H19N3O3. The summed E-state index contributed by atoms with van der Waals surface area (Å²) in [7, 11) is 3.14. The molecule has 1 amide bonds. The number of nitrogens with zero attached hydrogens (tertiary/aromatic N) is 3. The van der Waals surface area contributed by atoms with Gasteiger partial charge in [-0.2, -0.15) is 5.10 Å². The number of carbonyl (C=O) groups excluding carboxylic acids is 1. The van der Waals surface area contributed by atoms with Crippen molar-refractivity contribution in [2.45, 2.75) is 6.92 Å². The molecule has 2 aromatic rings. The molecule has 1 aliphatic rings. The van der Waals surface area contributed by atoms with Gasteiger partial charge in [0.25, 0.3) is 5.91 Å². The van der Waals surface area contributed by atoms with Crippen LogP contribution in [-0.4, -0.2) is 38.6 Å². The van der Waals surface area contributed by atoms with E-state index in [2.05, 4.69) is 10.2 Å². The molecule has 0 bridgehead atoms. The van der Waals surface area contributed by atoms with Gasteiger partial charge >= 0.3 is 0 Å². The number of methoxy groups -OCH3 is 2. The molecule has 0 spiro atoms. The van der Waals surface area contributed by atoms with Crippen LogP contribution in [-0.2, 0) is 4.79 Å². The minimum absolute atomic E-state index is 0.140. The lowest BCUT2D eigenvalue weighted by Crippen LogP contribution is -2.29. The molecule has 0 N–H and O–H groups in total. The van der Waals surface area contributed by atoms with Gasteiger partial charge in [-0.1, -0.05) is 24.3 Å². The van der Waals surface area contributed by atoms with Crippen molar-refractivity contribution >= 4 is 23.5 Å². The van der Waals surface area contributed by atoms with Crippen LogP contribution in [0.5, 0.6) is 11.5 Å². The van der Waals surface area contributed by atoms with E-state index < -0.39 is 0 Å². The fourth-order valence-electron chi connectivity index (χ4n) is 2.83. The van der Waals surface area contributed by atoms with Gasteiger partial charge in [-0.15, -0.1) is 5.10 Å². The average Bonchev–Trinajstić information content (AvgIpc) is 2.92. The topological polar surface area (TPSA) is 63.5 Å². The lowest BCUT2D eigenvalue weighted by atomic mass is 10.1. The summed E-state index contributed by atoms with van der Waals surface area (Å²) in [6.45, 7) is 2.52. The van der Waals surface area contributed by atoms with Gasteiger partial charge in [0.05, 0.1) is 26.1 Å². The van der Waals surface area contributed by atoms with Gasteiger partial charge in [-0.25, -0.2) is 0 Å². The summed E-state index contributed by atoms with van der Waals surface area (Å²) in [5.74, 6) is 1.04. The van der Waals surface area contributed by atoms with E-state index in [1.807, 2.05) is 43.3 Å². The van der Waals surface area contributed by atoms with Gasteiger partial charge in [0.15, 0.2) is 17.2 Å². The van der Waals surface area contributed by atoms with Crippen molar-refractivity contribution in [3.63, 3.8) is 0 Å². The third kappa shape index (κ3) is 2.98. The second-order valence-corrected chi connectivity index (χ2v) is 5.34. The first kappa shape index (κ1) is 16.7. The summed E-state index contributed by atoms with van der Waals surface area (Å²) in [6.07, 6.45) is 1.55. The SMILES string of the molecule is CCN1C(=O)/C(=N/N=C\c2cccc(OC)c2OC)c2ccccc21. The lowest BCUT2D eigenvalue weighted by molar-refractivity contribution is -0.112. The van der Waals surface area contributed by atoms with Crippen LogP contribution in [0.1, 0.15) is 18.1 Å². The highest BCUT2D eigenvalue weighted by Crippen LogP contribution is 2.30. The standard InChI is InChI=1S/C19H19N3O3/c1-4-22-15-10-6-5-9-14(15)17(19(22)23)21-20-12-13-8-7-11-16(24-2)18(13)25-3/h5-12H,4H2,1-3H3/b20-12-,21-17+. The Labute approximate surface area is 146 Å². The number of hydrogen-bond acceptors (Lipinski definition) is 5. The minimum atomic E-state index is -0.140. The summed E-state index contributed by atoms with van der Waals surface area (Å²) in [5.41, 5.74) is 2.72. The van der Waals surface area contributed by atoms with Crippen LogP contribution in [0.3, 0.4) is 0 Å². The Morgan fingerprint density at radius 2 is 1.88 bits per heavy atom. The fourth-order valence-corrected chi connectivity index (χ4v) is 2.83. The molecule has 0 saturated carbocycles. The highest BCUT2D eigenvalue weighted by atomic mass is 16.5. The molecule has 0 aromatic heterocycles. The zero-order valence-electron chi connectivity index (χ0n) is 14.4. The number of benzene rings is 2. The molecule has 0 unspecified atom stereocenters. The normalized spacial score (nSPS) is 15.1. The number of hydrogen-bond donors (Lipinski definition) is 0. The Morgan fingerprint density at radius 3 is 2.60 bits per heavy atom. The van der Waals surface area contributed by atoms with Crippen molar-refractivity contribution in [2.24, 2.45) is 10.2 Å². The molecule has 1 aliphatic heterocycles. The van der Waals surface area contributed by atoms with Crippen LogP contribution < -0.4 is 14.4 Å². The van der Waals surface area contributed by atoms with Crippen molar-refractivity contribution in [1.29, 1.82) is 0 Å². The van der Waals surface area contributed by atoms with Gasteiger partial charge in [-0.3, -0.25) is 4.79 Å². The maximum atomic E-state index is 12.5. The zero-order chi connectivity index (χ0) is 17.8. The van der Waals surface area contributed by atoms with E-state index >= 15 is 0 Å². The van der Waals surface area contributed by atoms with E-state index in [1.165, 1.54) is 0 Å². The summed E-state index contributed by atoms with van der Waals surface area (Å²) < 4.78 is 10.6. The number of para-hydroxylation sites is 2. The number of carbonyl (C=O) groups is 1. The molecule has 6 heteroatoms. The zero-order valence-corrected chi connectivity index (χ0v) is 14.4. The monoisotopic (exact) mass is 337 g/mol. The number of likely N-dealkylation sites (N-methyl/N-ethyl adjacent to an activating group) is 1. The quantitative estimate of drug-likeness (QED) is 0.622. The van der Waals surface area contributed by atoms with Crippen molar-refractivity contribution < 1.29 is 14.3 Å². The smallest absolute Gasteiger partial charge is 0.279 e. The number of amides is 1. The third-order valence-electron chi connectivity index (χ3n) is 4.00. The third-order valence-corrected chi connectivity index (χ3v) is 4.00. The molecule has 128 valence electrons. The highest BCUT2D eigenvalue weighted by molar-refractivity contribution is 6.54. The Balaban J connectivity index is 1.95. The average molecular weight is 337 g/mol. The second-order valence-electron chi connectivity index (χ2n) is 5.34. The molecule has 0 radical (unpaired) electrons. The van der Waals surface area contributed by atoms with E-state index in [-0.39, 0.29) is 5.91 Å². The van der Waals surface area contributed by atoms with E-state index in [1.54, 1.807) is 31.4 Å². The van der Waals surface area contributed by atoms with Crippen molar-refractivity contribution in [3.05, 3.63) is 53.6 Å². The van der Waals surface area contributed by atoms with Crippen LogP contribution in [0.15, 0.2) is 52.7 Å². The molecule has 0 aliphatic carbocycles. The number of anilines is 1. The fraction of sp³-hybridized carbons (Fsp3) is 0.211. The second kappa shape index (κ2) is 7.17. The molecule has 25 heavy (non-hydrogen) atoms. The first-order chi connectivity index (χ1) is 12.2. The lowest BCUT2D eigenvalue weighted by Gasteiger charge is -2.12. The Bertz CT molecular complexity index is 859. The van der Waals surface area contributed by atoms with Gasteiger partial charge in [0.1, 0.15) is 0 Å². The van der Waals surface area contributed by atoms with Crippen LogP contribution in [0.25, 0.3) is 0 Å². The first-order valence-corrected chi connectivity index (χ1v) is 7.94. The van der Waals surface area contributed by atoms with Gasteiger partial charge in [-0.05, 0) is 25.1 Å². The maximum absolute atomic E-state index is 12.5. The molecule has 0 atom stereocenters. The van der Waals surface area contributed by atoms with Gasteiger partial charge in [0.2, 0.25) is 0 Å². The van der Waals surface area contributed by atoms with Gasteiger partial charge < -0.3 is 14.4 Å². The van der Waals surface area contributed by atoms with E-state index in [9.17, 15) is 4.79 Å². The summed E-state index contributed by atoms with van der Waals surface area (Å²) in [6, 6.07) is 13.1. The molecule has 6 nitrogen and oxygen atoms in total. The van der Waals surface area contributed by atoms with Crippen LogP contribution in [0.4, 0.5) is 5.69 Å². The van der Waals surface area contributed by atoms with E-state index in [0.717, 1.165) is 16.8 Å². The van der Waals surface area contributed by atoms with Crippen molar-refractivity contribution in [1.82, 2.24) is 0 Å². The summed E-state index contributed by atoms with van der Waals surface area (Å²) in [5, 5.41) is 8.27. The summed E-state index contributed by atoms with van der Waals surface area (Å²) in [4.78, 5) is 14.2. The predicted molar refractivity (Wildman–Crippen MR) is 98.1 cm³/mol. The number of ether oxygens (including phenoxy) is 2. The predicted octanol–water partition coefficient (Wildman–Crippen LogP) is 2.89. The number of rotatable bonds is 5. The van der Waals surface area contributed by atoms with Crippen molar-refractivity contribution in [3.8, 4) is 11.5 Å². The molecular weight excluding hydrogens is 318 g/mol. The maximum Gasteiger partial charge on any atom is 0.279 e. The van der Waals surface area contributed by atoms with Crippen LogP contribution in [0, 0.1) is 0 Å². The molecule has 0 saturated heterocycles. The molecule has 1 heterocycles. The van der Waals surface area contributed by atoms with Crippen LogP contribution >= 0.6 is 0 Å². The molecule has 2 aromatic carbocycles. The molecule has 0 fully saturated rings. The number of fused-ring (bicyclic) bond motifs is 1. The summed E-state index contributed by atoms with van der Waals surface area (Å²) >= 11 is 0. The van der Waals surface area contributed by atoms with Gasteiger partial charge in [0, 0.05) is 17.7 Å². The van der Waals surface area contributed by atoms with E-state index in [0.29, 0.717) is 23.8 Å². The largest absolute Gasteiger partial charge is 0.493 e. The first-order valence-electron chi connectivity index (χ1n) is 7.94.